The molecule has 0 unspecified atom stereocenters. The van der Waals surface area contributed by atoms with Crippen LogP contribution < -0.4 is 10.6 Å². The van der Waals surface area contributed by atoms with Gasteiger partial charge in [-0.2, -0.15) is 10.2 Å². The van der Waals surface area contributed by atoms with Gasteiger partial charge in [-0.3, -0.25) is 9.48 Å². The molecule has 0 aliphatic carbocycles. The van der Waals surface area contributed by atoms with Crippen LogP contribution in [-0.4, -0.2) is 47.1 Å². The smallest absolute Gasteiger partial charge is 0.250 e. The second-order valence-electron chi connectivity index (χ2n) is 4.67. The number of rotatable bonds is 5. The molecule has 3 aromatic heterocycles. The number of nitrogens with one attached hydrogen (secondary N) is 2. The Hall–Kier alpha value is -3.27. The predicted molar refractivity (Wildman–Crippen MR) is 81.4 cm³/mol. The molecular formula is C13H14N8O2. The molecule has 3 N–H and O–H groups in total. The van der Waals surface area contributed by atoms with E-state index in [9.17, 15) is 4.79 Å². The van der Waals surface area contributed by atoms with Crippen LogP contribution in [0.15, 0.2) is 37.2 Å². The SMILES string of the molecule is Cn1cc(Nc2cc(-n3cc(NC(=O)CO)cn3)ncn2)cn1. The van der Waals surface area contributed by atoms with Crippen molar-refractivity contribution in [2.24, 2.45) is 7.05 Å². The van der Waals surface area contributed by atoms with Gasteiger partial charge in [-0.15, -0.1) is 0 Å². The van der Waals surface area contributed by atoms with Gasteiger partial charge in [0, 0.05) is 19.3 Å². The lowest BCUT2D eigenvalue weighted by atomic mass is 10.4. The molecule has 1 amide bonds. The molecular weight excluding hydrogens is 300 g/mol. The molecule has 3 rings (SSSR count). The summed E-state index contributed by atoms with van der Waals surface area (Å²) in [4.78, 5) is 19.4. The van der Waals surface area contributed by atoms with Crippen LogP contribution >= 0.6 is 0 Å². The molecule has 0 aliphatic rings. The Kier molecular flexibility index (Phi) is 3.97. The summed E-state index contributed by atoms with van der Waals surface area (Å²) in [5.74, 6) is 0.599. The minimum absolute atomic E-state index is 0.462. The number of anilines is 3. The van der Waals surface area contributed by atoms with Crippen LogP contribution in [0.2, 0.25) is 0 Å². The van der Waals surface area contributed by atoms with Gasteiger partial charge in [0.1, 0.15) is 18.8 Å². The van der Waals surface area contributed by atoms with E-state index in [0.717, 1.165) is 5.69 Å². The fourth-order valence-electron chi connectivity index (χ4n) is 1.89. The van der Waals surface area contributed by atoms with Crippen LogP contribution in [0.25, 0.3) is 5.82 Å². The predicted octanol–water partition coefficient (Wildman–Crippen LogP) is 0.0702. The lowest BCUT2D eigenvalue weighted by molar-refractivity contribution is -0.118. The van der Waals surface area contributed by atoms with Crippen LogP contribution in [0.4, 0.5) is 17.2 Å². The van der Waals surface area contributed by atoms with E-state index in [-0.39, 0.29) is 0 Å². The summed E-state index contributed by atoms with van der Waals surface area (Å²) in [5.41, 5.74) is 1.26. The highest BCUT2D eigenvalue weighted by Gasteiger charge is 2.07. The van der Waals surface area contributed by atoms with Crippen molar-refractivity contribution in [3.8, 4) is 5.82 Å². The lowest BCUT2D eigenvalue weighted by Crippen LogP contribution is -2.14. The minimum atomic E-state index is -0.585. The number of aromatic nitrogens is 6. The summed E-state index contributed by atoms with van der Waals surface area (Å²) >= 11 is 0. The molecule has 0 spiro atoms. The highest BCUT2D eigenvalue weighted by molar-refractivity contribution is 5.91. The van der Waals surface area contributed by atoms with Crippen LogP contribution in [0.3, 0.4) is 0 Å². The molecule has 10 heteroatoms. The van der Waals surface area contributed by atoms with Gasteiger partial charge >= 0.3 is 0 Å². The second-order valence-corrected chi connectivity index (χ2v) is 4.67. The molecule has 10 nitrogen and oxygen atoms in total. The Bertz CT molecular complexity index is 825. The summed E-state index contributed by atoms with van der Waals surface area (Å²) in [5, 5.41) is 22.5. The first-order chi connectivity index (χ1) is 11.1. The number of carbonyl (C=O) groups is 1. The van der Waals surface area contributed by atoms with Gasteiger partial charge in [0.05, 0.1) is 30.0 Å². The van der Waals surface area contributed by atoms with E-state index in [1.54, 1.807) is 23.1 Å². The number of nitrogens with zero attached hydrogens (tertiary/aromatic N) is 6. The maximum absolute atomic E-state index is 11.1. The topological polar surface area (TPSA) is 123 Å². The normalized spacial score (nSPS) is 10.5. The Morgan fingerprint density at radius 2 is 2.04 bits per heavy atom. The third kappa shape index (κ3) is 3.49. The third-order valence-electron chi connectivity index (χ3n) is 2.87. The zero-order valence-electron chi connectivity index (χ0n) is 12.2. The summed E-state index contributed by atoms with van der Waals surface area (Å²) in [6.07, 6.45) is 7.95. The van der Waals surface area contributed by atoms with Crippen molar-refractivity contribution < 1.29 is 9.90 Å². The average Bonchev–Trinajstić information content (AvgIpc) is 3.17. The van der Waals surface area contributed by atoms with E-state index in [2.05, 4.69) is 30.8 Å². The number of hydrogen-bond acceptors (Lipinski definition) is 7. The Morgan fingerprint density at radius 3 is 2.78 bits per heavy atom. The fraction of sp³-hybridized carbons (Fsp3) is 0.154. The van der Waals surface area contributed by atoms with Gasteiger partial charge in [0.25, 0.3) is 0 Å². The van der Waals surface area contributed by atoms with Gasteiger partial charge in [0.2, 0.25) is 5.91 Å². The first-order valence-corrected chi connectivity index (χ1v) is 6.67. The van der Waals surface area contributed by atoms with Crippen LogP contribution in [-0.2, 0) is 11.8 Å². The largest absolute Gasteiger partial charge is 0.387 e. The number of carbonyl (C=O) groups excluding carboxylic acids is 1. The molecule has 0 saturated carbocycles. The van der Waals surface area contributed by atoms with Gasteiger partial charge in [0.15, 0.2) is 5.82 Å². The van der Waals surface area contributed by atoms with Crippen molar-refractivity contribution in [2.75, 3.05) is 17.2 Å². The monoisotopic (exact) mass is 314 g/mol. The van der Waals surface area contributed by atoms with E-state index < -0.39 is 12.5 Å². The van der Waals surface area contributed by atoms with Gasteiger partial charge in [-0.1, -0.05) is 0 Å². The number of aliphatic hydroxyl groups excluding tert-OH is 1. The highest BCUT2D eigenvalue weighted by Crippen LogP contribution is 2.16. The van der Waals surface area contributed by atoms with E-state index in [4.69, 9.17) is 5.11 Å². The van der Waals surface area contributed by atoms with E-state index in [1.165, 1.54) is 17.2 Å². The van der Waals surface area contributed by atoms with Crippen molar-refractivity contribution in [3.63, 3.8) is 0 Å². The zero-order valence-corrected chi connectivity index (χ0v) is 12.2. The Balaban J connectivity index is 1.78. The van der Waals surface area contributed by atoms with E-state index in [1.807, 2.05) is 13.2 Å². The number of amides is 1. The Labute approximate surface area is 130 Å². The molecule has 23 heavy (non-hydrogen) atoms. The van der Waals surface area contributed by atoms with Crippen molar-refractivity contribution >= 4 is 23.1 Å². The minimum Gasteiger partial charge on any atom is -0.387 e. The molecule has 3 aromatic rings. The summed E-state index contributed by atoms with van der Waals surface area (Å²) in [6.45, 7) is -0.585. The van der Waals surface area contributed by atoms with Crippen LogP contribution in [0.5, 0.6) is 0 Å². The summed E-state index contributed by atoms with van der Waals surface area (Å²) in [7, 11) is 1.82. The van der Waals surface area contributed by atoms with Gasteiger partial charge in [-0.25, -0.2) is 14.6 Å². The first-order valence-electron chi connectivity index (χ1n) is 6.67. The maximum Gasteiger partial charge on any atom is 0.250 e. The molecule has 118 valence electrons. The molecule has 0 atom stereocenters. The first kappa shape index (κ1) is 14.7. The molecule has 0 aromatic carbocycles. The van der Waals surface area contributed by atoms with Crippen molar-refractivity contribution in [1.82, 2.24) is 29.5 Å². The second kappa shape index (κ2) is 6.23. The third-order valence-corrected chi connectivity index (χ3v) is 2.87. The quantitative estimate of drug-likeness (QED) is 0.609. The van der Waals surface area contributed by atoms with Gasteiger partial charge < -0.3 is 15.7 Å². The van der Waals surface area contributed by atoms with Crippen molar-refractivity contribution in [3.05, 3.63) is 37.2 Å². The maximum atomic E-state index is 11.1. The van der Waals surface area contributed by atoms with Crippen LogP contribution in [0.1, 0.15) is 0 Å². The number of aryl methyl sites for hydroxylation is 1. The van der Waals surface area contributed by atoms with Crippen molar-refractivity contribution in [1.29, 1.82) is 0 Å². The Morgan fingerprint density at radius 1 is 1.22 bits per heavy atom. The van der Waals surface area contributed by atoms with Crippen LogP contribution in [0, 0.1) is 0 Å². The standard InChI is InChI=1S/C13H14N8O2/c1-20-5-9(3-16-20)18-11-2-12(15-8-14-11)21-6-10(4-17-21)19-13(23)7-22/h2-6,8,22H,7H2,1H3,(H,19,23)(H,14,15,18). The molecule has 0 bridgehead atoms. The van der Waals surface area contributed by atoms with E-state index >= 15 is 0 Å². The molecule has 0 fully saturated rings. The van der Waals surface area contributed by atoms with E-state index in [0.29, 0.717) is 17.3 Å². The molecule has 0 aliphatic heterocycles. The average molecular weight is 314 g/mol. The fourth-order valence-corrected chi connectivity index (χ4v) is 1.89. The zero-order chi connectivity index (χ0) is 16.2. The highest BCUT2D eigenvalue weighted by atomic mass is 16.3. The number of aliphatic hydroxyl groups is 1. The summed E-state index contributed by atoms with van der Waals surface area (Å²) in [6, 6.07) is 1.71. The number of hydrogen-bond donors (Lipinski definition) is 3. The lowest BCUT2D eigenvalue weighted by Gasteiger charge is -2.04. The molecule has 0 saturated heterocycles. The summed E-state index contributed by atoms with van der Waals surface area (Å²) < 4.78 is 3.16. The molecule has 3 heterocycles. The van der Waals surface area contributed by atoms with Gasteiger partial charge in [-0.05, 0) is 0 Å². The molecule has 0 radical (unpaired) electrons. The van der Waals surface area contributed by atoms with Crippen molar-refractivity contribution in [2.45, 2.75) is 0 Å².